The van der Waals surface area contributed by atoms with Crippen molar-refractivity contribution in [3.05, 3.63) is 0 Å². The molecule has 0 amide bonds. The van der Waals surface area contributed by atoms with Crippen LogP contribution in [0.3, 0.4) is 0 Å². The van der Waals surface area contributed by atoms with Gasteiger partial charge in [0.25, 0.3) is 0 Å². The van der Waals surface area contributed by atoms with Crippen LogP contribution in [0.5, 0.6) is 0 Å². The van der Waals surface area contributed by atoms with Crippen molar-refractivity contribution in [3.63, 3.8) is 0 Å². The first kappa shape index (κ1) is 26.9. The molecule has 0 fully saturated rings. The molecule has 0 N–H and O–H groups in total. The lowest BCUT2D eigenvalue weighted by molar-refractivity contribution is 0.122. The van der Waals surface area contributed by atoms with Gasteiger partial charge in [0.2, 0.25) is 0 Å². The maximum atomic E-state index is 5.69. The molecule has 0 unspecified atom stereocenters. The Labute approximate surface area is 172 Å². The van der Waals surface area contributed by atoms with Crippen LogP contribution in [0.1, 0.15) is 129 Å². The zero-order chi connectivity index (χ0) is 19.8. The minimum atomic E-state index is 0.928. The Hall–Kier alpha value is -0.0800. The summed E-state index contributed by atoms with van der Waals surface area (Å²) in [7, 11) is 4.24. The molecule has 0 saturated heterocycles. The van der Waals surface area contributed by atoms with Gasteiger partial charge in [-0.05, 0) is 33.5 Å². The number of ether oxygens (including phenoxy) is 1. The van der Waals surface area contributed by atoms with E-state index in [-0.39, 0.29) is 0 Å². The second kappa shape index (κ2) is 24.0. The van der Waals surface area contributed by atoms with Crippen molar-refractivity contribution in [2.24, 2.45) is 0 Å². The largest absolute Gasteiger partial charge is 0.381 e. The Morgan fingerprint density at radius 2 is 0.778 bits per heavy atom. The molecule has 0 saturated carbocycles. The Balaban J connectivity index is 2.97. The molecule has 0 aromatic rings. The van der Waals surface area contributed by atoms with E-state index in [1.165, 1.54) is 116 Å². The molecule has 0 aliphatic carbocycles. The minimum absolute atomic E-state index is 0.928. The monoisotopic (exact) mass is 383 g/mol. The number of hydrogen-bond donors (Lipinski definition) is 0. The molecule has 0 rings (SSSR count). The lowest BCUT2D eigenvalue weighted by atomic mass is 10.0. The van der Waals surface area contributed by atoms with Crippen molar-refractivity contribution in [2.45, 2.75) is 129 Å². The van der Waals surface area contributed by atoms with Gasteiger partial charge in [-0.1, -0.05) is 116 Å². The Bertz CT molecular complexity index is 255. The lowest BCUT2D eigenvalue weighted by Gasteiger charge is -2.09. The quantitative estimate of drug-likeness (QED) is 0.166. The predicted molar refractivity (Wildman–Crippen MR) is 123 cm³/mol. The molecule has 0 heterocycles. The number of rotatable bonds is 23. The molecule has 2 nitrogen and oxygen atoms in total. The van der Waals surface area contributed by atoms with Crippen molar-refractivity contribution in [1.29, 1.82) is 0 Å². The highest BCUT2D eigenvalue weighted by Gasteiger charge is 1.96. The molecule has 0 aromatic heterocycles. The number of nitrogens with zero attached hydrogens (tertiary/aromatic N) is 1. The highest BCUT2D eigenvalue weighted by molar-refractivity contribution is 4.50. The van der Waals surface area contributed by atoms with Crippen LogP contribution in [-0.4, -0.2) is 38.8 Å². The summed E-state index contributed by atoms with van der Waals surface area (Å²) in [5.41, 5.74) is 0. The summed E-state index contributed by atoms with van der Waals surface area (Å²) in [5.74, 6) is 0. The molecule has 0 atom stereocenters. The fourth-order valence-electron chi connectivity index (χ4n) is 3.69. The van der Waals surface area contributed by atoms with E-state index in [1.54, 1.807) is 0 Å². The molecule has 0 aliphatic heterocycles. The predicted octanol–water partition coefficient (Wildman–Crippen LogP) is 8.00. The molecule has 0 bridgehead atoms. The third-order valence-electron chi connectivity index (χ3n) is 5.54. The average Bonchev–Trinajstić information content (AvgIpc) is 2.65. The van der Waals surface area contributed by atoms with Crippen molar-refractivity contribution < 1.29 is 4.74 Å². The third-order valence-corrected chi connectivity index (χ3v) is 5.54. The minimum Gasteiger partial charge on any atom is -0.381 e. The molecule has 0 aliphatic rings. The van der Waals surface area contributed by atoms with Gasteiger partial charge in [-0.25, -0.2) is 0 Å². The lowest BCUT2D eigenvalue weighted by Crippen LogP contribution is -2.14. The van der Waals surface area contributed by atoms with Gasteiger partial charge < -0.3 is 9.64 Å². The first-order chi connectivity index (χ1) is 13.3. The van der Waals surface area contributed by atoms with Crippen LogP contribution < -0.4 is 0 Å². The van der Waals surface area contributed by atoms with E-state index < -0.39 is 0 Å². The van der Waals surface area contributed by atoms with E-state index in [0.29, 0.717) is 0 Å². The van der Waals surface area contributed by atoms with Crippen molar-refractivity contribution >= 4 is 0 Å². The zero-order valence-corrected chi connectivity index (χ0v) is 19.4. The summed E-state index contributed by atoms with van der Waals surface area (Å²) in [5, 5.41) is 0. The first-order valence-electron chi connectivity index (χ1n) is 12.5. The van der Waals surface area contributed by atoms with Crippen LogP contribution in [0.2, 0.25) is 0 Å². The summed E-state index contributed by atoms with van der Waals surface area (Å²) in [4.78, 5) is 2.22. The van der Waals surface area contributed by atoms with Gasteiger partial charge in [0.15, 0.2) is 0 Å². The Morgan fingerprint density at radius 3 is 1.15 bits per heavy atom. The van der Waals surface area contributed by atoms with E-state index in [4.69, 9.17) is 4.74 Å². The van der Waals surface area contributed by atoms with Crippen LogP contribution in [0.15, 0.2) is 0 Å². The third kappa shape index (κ3) is 25.9. The average molecular weight is 384 g/mol. The van der Waals surface area contributed by atoms with E-state index in [2.05, 4.69) is 25.9 Å². The molecule has 2 heteroatoms. The van der Waals surface area contributed by atoms with Crippen LogP contribution in [-0.2, 0) is 4.74 Å². The summed E-state index contributed by atoms with van der Waals surface area (Å²) in [6.45, 7) is 5.33. The highest BCUT2D eigenvalue weighted by Crippen LogP contribution is 2.14. The van der Waals surface area contributed by atoms with Gasteiger partial charge in [-0.2, -0.15) is 0 Å². The SMILES string of the molecule is CCCCCCCCCCCCCCCCCCCCOCCCN(C)C. The van der Waals surface area contributed by atoms with E-state index in [1.807, 2.05) is 0 Å². The summed E-state index contributed by atoms with van der Waals surface area (Å²) < 4.78 is 5.69. The van der Waals surface area contributed by atoms with Crippen molar-refractivity contribution in [3.8, 4) is 0 Å². The van der Waals surface area contributed by atoms with E-state index >= 15 is 0 Å². The van der Waals surface area contributed by atoms with E-state index in [0.717, 1.165) is 26.2 Å². The smallest absolute Gasteiger partial charge is 0.0478 e. The molecule has 0 spiro atoms. The molecular weight excluding hydrogens is 330 g/mol. The second-order valence-electron chi connectivity index (χ2n) is 8.78. The van der Waals surface area contributed by atoms with Crippen LogP contribution in [0.4, 0.5) is 0 Å². The van der Waals surface area contributed by atoms with Crippen LogP contribution in [0, 0.1) is 0 Å². The first-order valence-corrected chi connectivity index (χ1v) is 12.5. The molecular formula is C25H53NO. The normalized spacial score (nSPS) is 11.6. The molecule has 164 valence electrons. The standard InChI is InChI=1S/C25H53NO/c1-4-5-6-7-8-9-10-11-12-13-14-15-16-17-18-19-20-21-24-27-25-22-23-26(2)3/h4-25H2,1-3H3. The van der Waals surface area contributed by atoms with Gasteiger partial charge in [0.05, 0.1) is 0 Å². The fraction of sp³-hybridized carbons (Fsp3) is 1.00. The second-order valence-corrected chi connectivity index (χ2v) is 8.78. The highest BCUT2D eigenvalue weighted by atomic mass is 16.5. The van der Waals surface area contributed by atoms with Gasteiger partial charge >= 0.3 is 0 Å². The summed E-state index contributed by atoms with van der Waals surface area (Å²) in [6.07, 6.45) is 27.0. The maximum Gasteiger partial charge on any atom is 0.0478 e. The number of unbranched alkanes of at least 4 members (excludes halogenated alkanes) is 17. The molecule has 0 radical (unpaired) electrons. The fourth-order valence-corrected chi connectivity index (χ4v) is 3.69. The Kier molecular flexibility index (Phi) is 23.9. The topological polar surface area (TPSA) is 12.5 Å². The van der Waals surface area contributed by atoms with Gasteiger partial charge in [-0.15, -0.1) is 0 Å². The Morgan fingerprint density at radius 1 is 0.444 bits per heavy atom. The van der Waals surface area contributed by atoms with Gasteiger partial charge in [0.1, 0.15) is 0 Å². The summed E-state index contributed by atoms with van der Waals surface area (Å²) in [6, 6.07) is 0. The van der Waals surface area contributed by atoms with E-state index in [9.17, 15) is 0 Å². The van der Waals surface area contributed by atoms with Gasteiger partial charge in [0, 0.05) is 13.2 Å². The zero-order valence-electron chi connectivity index (χ0n) is 19.4. The maximum absolute atomic E-state index is 5.69. The molecule has 0 aromatic carbocycles. The van der Waals surface area contributed by atoms with Crippen molar-refractivity contribution in [1.82, 2.24) is 4.90 Å². The number of hydrogen-bond acceptors (Lipinski definition) is 2. The van der Waals surface area contributed by atoms with Crippen LogP contribution in [0.25, 0.3) is 0 Å². The molecule has 27 heavy (non-hydrogen) atoms. The van der Waals surface area contributed by atoms with Crippen molar-refractivity contribution in [2.75, 3.05) is 33.9 Å². The van der Waals surface area contributed by atoms with Crippen LogP contribution >= 0.6 is 0 Å². The van der Waals surface area contributed by atoms with Gasteiger partial charge in [-0.3, -0.25) is 0 Å². The summed E-state index contributed by atoms with van der Waals surface area (Å²) >= 11 is 0.